The van der Waals surface area contributed by atoms with Crippen molar-refractivity contribution in [2.45, 2.75) is 12.7 Å². The summed E-state index contributed by atoms with van der Waals surface area (Å²) in [6.45, 7) is 1.78. The summed E-state index contributed by atoms with van der Waals surface area (Å²) in [5, 5.41) is 8.71. The Hall–Kier alpha value is -1.91. The average Bonchev–Trinajstić information content (AvgIpc) is 2.43. The van der Waals surface area contributed by atoms with E-state index in [1.54, 1.807) is 43.3 Å². The Labute approximate surface area is 131 Å². The van der Waals surface area contributed by atoms with E-state index in [4.69, 9.17) is 5.26 Å². The van der Waals surface area contributed by atoms with E-state index in [1.807, 2.05) is 6.07 Å². The van der Waals surface area contributed by atoms with Crippen LogP contribution in [-0.4, -0.2) is 13.4 Å². The SMILES string of the molecule is Cc1nc(NS(=O)(=O)Cc2ccc(C#N)cc2)ccc1Br. The first-order chi connectivity index (χ1) is 9.89. The van der Waals surface area contributed by atoms with Crippen LogP contribution in [-0.2, 0) is 15.8 Å². The molecular weight excluding hydrogens is 354 g/mol. The lowest BCUT2D eigenvalue weighted by Crippen LogP contribution is -2.16. The topological polar surface area (TPSA) is 82.8 Å². The van der Waals surface area contributed by atoms with Crippen LogP contribution in [0.1, 0.15) is 16.8 Å². The highest BCUT2D eigenvalue weighted by Crippen LogP contribution is 2.18. The van der Waals surface area contributed by atoms with Gasteiger partial charge in [-0.2, -0.15) is 5.26 Å². The number of hydrogen-bond donors (Lipinski definition) is 1. The minimum Gasteiger partial charge on any atom is -0.267 e. The number of aromatic nitrogens is 1. The molecule has 5 nitrogen and oxygen atoms in total. The number of rotatable bonds is 4. The van der Waals surface area contributed by atoms with Gasteiger partial charge in [0.05, 0.1) is 23.1 Å². The molecule has 21 heavy (non-hydrogen) atoms. The first-order valence-corrected chi connectivity index (χ1v) is 8.47. The fourth-order valence-electron chi connectivity index (χ4n) is 1.69. The van der Waals surface area contributed by atoms with Gasteiger partial charge in [-0.3, -0.25) is 4.72 Å². The summed E-state index contributed by atoms with van der Waals surface area (Å²) in [5.74, 6) is 0.111. The highest BCUT2D eigenvalue weighted by atomic mass is 79.9. The number of anilines is 1. The lowest BCUT2D eigenvalue weighted by Gasteiger charge is -2.08. The molecule has 2 aromatic rings. The molecule has 0 aliphatic rings. The fourth-order valence-corrected chi connectivity index (χ4v) is 3.05. The standard InChI is InChI=1S/C14H12BrN3O2S/c1-10-13(15)6-7-14(17-10)18-21(19,20)9-12-4-2-11(8-16)3-5-12/h2-7H,9H2,1H3,(H,17,18). The molecule has 0 unspecified atom stereocenters. The molecule has 1 heterocycles. The van der Waals surface area contributed by atoms with E-state index in [0.29, 0.717) is 16.8 Å². The zero-order chi connectivity index (χ0) is 15.5. The second-order valence-electron chi connectivity index (χ2n) is 4.43. The van der Waals surface area contributed by atoms with Gasteiger partial charge in [-0.1, -0.05) is 12.1 Å². The Bertz CT molecular complexity index is 796. The Morgan fingerprint density at radius 3 is 2.48 bits per heavy atom. The third-order valence-corrected chi connectivity index (χ3v) is 4.79. The maximum absolute atomic E-state index is 12.1. The molecule has 0 saturated carbocycles. The van der Waals surface area contributed by atoms with E-state index in [1.165, 1.54) is 0 Å². The predicted molar refractivity (Wildman–Crippen MR) is 84.1 cm³/mol. The van der Waals surface area contributed by atoms with Crippen LogP contribution >= 0.6 is 15.9 Å². The van der Waals surface area contributed by atoms with Gasteiger partial charge in [0.15, 0.2) is 0 Å². The second-order valence-corrected chi connectivity index (χ2v) is 7.01. The van der Waals surface area contributed by atoms with Gasteiger partial charge in [-0.15, -0.1) is 0 Å². The normalized spacial score (nSPS) is 10.9. The monoisotopic (exact) mass is 365 g/mol. The van der Waals surface area contributed by atoms with Gasteiger partial charge in [0.2, 0.25) is 10.0 Å². The fraction of sp³-hybridized carbons (Fsp3) is 0.143. The molecule has 0 aliphatic carbocycles. The molecule has 0 fully saturated rings. The number of nitrogens with one attached hydrogen (secondary N) is 1. The molecule has 0 atom stereocenters. The van der Waals surface area contributed by atoms with E-state index in [2.05, 4.69) is 25.6 Å². The van der Waals surface area contributed by atoms with Crippen molar-refractivity contribution < 1.29 is 8.42 Å². The smallest absolute Gasteiger partial charge is 0.238 e. The molecule has 2 rings (SSSR count). The summed E-state index contributed by atoms with van der Waals surface area (Å²) in [4.78, 5) is 4.15. The lowest BCUT2D eigenvalue weighted by atomic mass is 10.2. The summed E-state index contributed by atoms with van der Waals surface area (Å²) in [6, 6.07) is 11.7. The minimum absolute atomic E-state index is 0.171. The Morgan fingerprint density at radius 1 is 1.24 bits per heavy atom. The Kier molecular flexibility index (Phi) is 4.60. The van der Waals surface area contributed by atoms with E-state index in [9.17, 15) is 8.42 Å². The zero-order valence-corrected chi connectivity index (χ0v) is 13.6. The van der Waals surface area contributed by atoms with Gasteiger partial charge in [-0.05, 0) is 52.7 Å². The first kappa shape index (κ1) is 15.5. The molecule has 0 spiro atoms. The van der Waals surface area contributed by atoms with Crippen molar-refractivity contribution >= 4 is 31.8 Å². The number of benzene rings is 1. The predicted octanol–water partition coefficient (Wildman–Crippen LogP) is 2.97. The van der Waals surface area contributed by atoms with Crippen LogP contribution in [0.15, 0.2) is 40.9 Å². The van der Waals surface area contributed by atoms with Crippen LogP contribution in [0.5, 0.6) is 0 Å². The van der Waals surface area contributed by atoms with E-state index < -0.39 is 10.0 Å². The molecule has 0 saturated heterocycles. The van der Waals surface area contributed by atoms with Gasteiger partial charge in [0.1, 0.15) is 5.82 Å². The number of hydrogen-bond acceptors (Lipinski definition) is 4. The number of aryl methyl sites for hydroxylation is 1. The second kappa shape index (κ2) is 6.24. The maximum Gasteiger partial charge on any atom is 0.238 e. The quantitative estimate of drug-likeness (QED) is 0.902. The van der Waals surface area contributed by atoms with Crippen molar-refractivity contribution in [1.82, 2.24) is 4.98 Å². The Morgan fingerprint density at radius 2 is 1.90 bits per heavy atom. The molecule has 0 radical (unpaired) electrons. The molecular formula is C14H12BrN3O2S. The lowest BCUT2D eigenvalue weighted by molar-refractivity contribution is 0.600. The number of nitriles is 1. The van der Waals surface area contributed by atoms with Crippen molar-refractivity contribution in [2.24, 2.45) is 0 Å². The van der Waals surface area contributed by atoms with Crippen molar-refractivity contribution in [1.29, 1.82) is 5.26 Å². The van der Waals surface area contributed by atoms with E-state index in [-0.39, 0.29) is 11.6 Å². The summed E-state index contributed by atoms with van der Waals surface area (Å²) in [6.07, 6.45) is 0. The number of nitrogens with zero attached hydrogens (tertiary/aromatic N) is 2. The van der Waals surface area contributed by atoms with E-state index >= 15 is 0 Å². The molecule has 0 aliphatic heterocycles. The van der Waals surface area contributed by atoms with Crippen molar-refractivity contribution in [3.05, 3.63) is 57.7 Å². The number of halogens is 1. The van der Waals surface area contributed by atoms with Gasteiger partial charge in [0, 0.05) is 4.47 Å². The van der Waals surface area contributed by atoms with Crippen molar-refractivity contribution in [3.63, 3.8) is 0 Å². The summed E-state index contributed by atoms with van der Waals surface area (Å²) in [5.41, 5.74) is 1.80. The summed E-state index contributed by atoms with van der Waals surface area (Å²) in [7, 11) is -3.55. The van der Waals surface area contributed by atoms with Gasteiger partial charge >= 0.3 is 0 Å². The highest BCUT2D eigenvalue weighted by molar-refractivity contribution is 9.10. The van der Waals surface area contributed by atoms with Crippen molar-refractivity contribution in [2.75, 3.05) is 4.72 Å². The third-order valence-electron chi connectivity index (χ3n) is 2.72. The third kappa shape index (κ3) is 4.28. The van der Waals surface area contributed by atoms with Gasteiger partial charge in [-0.25, -0.2) is 13.4 Å². The van der Waals surface area contributed by atoms with Crippen LogP contribution in [0.25, 0.3) is 0 Å². The molecule has 1 aromatic heterocycles. The molecule has 0 bridgehead atoms. The average molecular weight is 366 g/mol. The largest absolute Gasteiger partial charge is 0.267 e. The highest BCUT2D eigenvalue weighted by Gasteiger charge is 2.13. The van der Waals surface area contributed by atoms with Crippen LogP contribution in [0, 0.1) is 18.3 Å². The van der Waals surface area contributed by atoms with Gasteiger partial charge in [0.25, 0.3) is 0 Å². The first-order valence-electron chi connectivity index (χ1n) is 6.02. The molecule has 108 valence electrons. The minimum atomic E-state index is -3.55. The molecule has 1 aromatic carbocycles. The van der Waals surface area contributed by atoms with Crippen LogP contribution < -0.4 is 4.72 Å². The zero-order valence-electron chi connectivity index (χ0n) is 11.2. The number of sulfonamides is 1. The van der Waals surface area contributed by atoms with Crippen LogP contribution in [0.3, 0.4) is 0 Å². The molecule has 0 amide bonds. The maximum atomic E-state index is 12.1. The Balaban J connectivity index is 2.14. The molecule has 1 N–H and O–H groups in total. The van der Waals surface area contributed by atoms with E-state index in [0.717, 1.165) is 4.47 Å². The molecule has 7 heteroatoms. The van der Waals surface area contributed by atoms with Crippen LogP contribution in [0.2, 0.25) is 0 Å². The van der Waals surface area contributed by atoms with Crippen molar-refractivity contribution in [3.8, 4) is 6.07 Å². The number of pyridine rings is 1. The van der Waals surface area contributed by atoms with Gasteiger partial charge < -0.3 is 0 Å². The van der Waals surface area contributed by atoms with Crippen LogP contribution in [0.4, 0.5) is 5.82 Å². The summed E-state index contributed by atoms with van der Waals surface area (Å²) >= 11 is 3.31. The summed E-state index contributed by atoms with van der Waals surface area (Å²) < 4.78 is 27.4.